The Bertz CT molecular complexity index is 861. The van der Waals surface area contributed by atoms with Gasteiger partial charge in [-0.1, -0.05) is 6.07 Å². The van der Waals surface area contributed by atoms with Gasteiger partial charge in [0.15, 0.2) is 6.61 Å². The maximum atomic E-state index is 12.1. The van der Waals surface area contributed by atoms with E-state index in [-0.39, 0.29) is 18.4 Å². The molecule has 152 valence electrons. The third kappa shape index (κ3) is 6.05. The lowest BCUT2D eigenvalue weighted by atomic mass is 10.2. The van der Waals surface area contributed by atoms with Crippen molar-refractivity contribution < 1.29 is 23.8 Å². The largest absolute Gasteiger partial charge is 0.497 e. The minimum atomic E-state index is -0.332. The molecule has 1 N–H and O–H groups in total. The molecule has 0 aliphatic carbocycles. The maximum absolute atomic E-state index is 12.1. The lowest BCUT2D eigenvalue weighted by Gasteiger charge is -2.26. The van der Waals surface area contributed by atoms with Crippen molar-refractivity contribution in [1.82, 2.24) is 10.3 Å². The zero-order valence-corrected chi connectivity index (χ0v) is 16.2. The molecule has 0 aromatic heterocycles. The summed E-state index contributed by atoms with van der Waals surface area (Å²) in [6.45, 7) is 2.31. The van der Waals surface area contributed by atoms with Crippen LogP contribution in [0.15, 0.2) is 53.6 Å². The summed E-state index contributed by atoms with van der Waals surface area (Å²) in [4.78, 5) is 25.9. The third-order valence-electron chi connectivity index (χ3n) is 4.32. The highest BCUT2D eigenvalue weighted by atomic mass is 16.5. The van der Waals surface area contributed by atoms with Gasteiger partial charge in [-0.3, -0.25) is 9.59 Å². The van der Waals surface area contributed by atoms with Gasteiger partial charge in [-0.2, -0.15) is 5.10 Å². The van der Waals surface area contributed by atoms with Crippen molar-refractivity contribution in [3.63, 3.8) is 0 Å². The van der Waals surface area contributed by atoms with E-state index < -0.39 is 0 Å². The summed E-state index contributed by atoms with van der Waals surface area (Å²) in [7, 11) is 1.54. The molecule has 0 atom stereocenters. The molecule has 0 bridgehead atoms. The number of nitrogens with zero attached hydrogens (tertiary/aromatic N) is 2. The summed E-state index contributed by atoms with van der Waals surface area (Å²) in [5.74, 6) is 0.800. The number of ether oxygens (including phenoxy) is 3. The Balaban J connectivity index is 1.47. The fourth-order valence-corrected chi connectivity index (χ4v) is 2.69. The quantitative estimate of drug-likeness (QED) is 0.567. The van der Waals surface area contributed by atoms with E-state index >= 15 is 0 Å². The maximum Gasteiger partial charge on any atom is 0.271 e. The molecule has 0 saturated carbocycles. The molecule has 2 amide bonds. The Labute approximate surface area is 169 Å². The van der Waals surface area contributed by atoms with Crippen LogP contribution in [-0.2, 0) is 9.53 Å². The van der Waals surface area contributed by atoms with Crippen LogP contribution in [-0.4, -0.2) is 62.9 Å². The second kappa shape index (κ2) is 10.2. The van der Waals surface area contributed by atoms with E-state index in [0.29, 0.717) is 43.4 Å². The van der Waals surface area contributed by atoms with Crippen LogP contribution in [0.5, 0.6) is 11.5 Å². The van der Waals surface area contributed by atoms with Crippen LogP contribution in [0.2, 0.25) is 0 Å². The van der Waals surface area contributed by atoms with E-state index in [9.17, 15) is 9.59 Å². The molecule has 1 aliphatic rings. The highest BCUT2D eigenvalue weighted by Crippen LogP contribution is 2.13. The first-order valence-electron chi connectivity index (χ1n) is 9.21. The molecule has 1 heterocycles. The summed E-state index contributed by atoms with van der Waals surface area (Å²) in [5.41, 5.74) is 3.71. The van der Waals surface area contributed by atoms with Crippen molar-refractivity contribution in [3.8, 4) is 11.5 Å². The Morgan fingerprint density at radius 1 is 1.14 bits per heavy atom. The number of nitrogens with one attached hydrogen (secondary N) is 1. The minimum Gasteiger partial charge on any atom is -0.497 e. The molecule has 2 aromatic rings. The lowest BCUT2D eigenvalue weighted by Crippen LogP contribution is -2.42. The van der Waals surface area contributed by atoms with Crippen molar-refractivity contribution in [1.29, 1.82) is 0 Å². The van der Waals surface area contributed by atoms with E-state index in [0.717, 1.165) is 5.56 Å². The Morgan fingerprint density at radius 2 is 1.90 bits per heavy atom. The van der Waals surface area contributed by atoms with Gasteiger partial charge in [-0.15, -0.1) is 0 Å². The number of rotatable bonds is 7. The number of methoxy groups -OCH3 is 1. The molecule has 29 heavy (non-hydrogen) atoms. The summed E-state index contributed by atoms with van der Waals surface area (Å²) in [6.07, 6.45) is 1.53. The fraction of sp³-hybridized carbons (Fsp3) is 0.286. The highest BCUT2D eigenvalue weighted by molar-refractivity contribution is 5.95. The lowest BCUT2D eigenvalue weighted by molar-refractivity contribution is -0.137. The van der Waals surface area contributed by atoms with Crippen molar-refractivity contribution in [3.05, 3.63) is 59.7 Å². The number of morpholine rings is 1. The van der Waals surface area contributed by atoms with E-state index in [1.54, 1.807) is 60.5 Å². The van der Waals surface area contributed by atoms with Gasteiger partial charge in [-0.25, -0.2) is 5.43 Å². The monoisotopic (exact) mass is 397 g/mol. The van der Waals surface area contributed by atoms with Gasteiger partial charge in [0.2, 0.25) is 0 Å². The van der Waals surface area contributed by atoms with E-state index in [2.05, 4.69) is 10.5 Å². The Morgan fingerprint density at radius 3 is 2.62 bits per heavy atom. The average molecular weight is 397 g/mol. The Kier molecular flexibility index (Phi) is 7.18. The predicted octanol–water partition coefficient (Wildman–Crippen LogP) is 1.70. The second-order valence-corrected chi connectivity index (χ2v) is 6.28. The molecular formula is C21H23N3O5. The first-order valence-corrected chi connectivity index (χ1v) is 9.21. The molecule has 0 spiro atoms. The van der Waals surface area contributed by atoms with Gasteiger partial charge < -0.3 is 19.1 Å². The van der Waals surface area contributed by atoms with E-state index in [4.69, 9.17) is 14.2 Å². The molecular weight excluding hydrogens is 374 g/mol. The number of carbonyl (C=O) groups excluding carboxylic acids is 2. The first kappa shape index (κ1) is 20.3. The van der Waals surface area contributed by atoms with Crippen LogP contribution in [0, 0.1) is 0 Å². The van der Waals surface area contributed by atoms with Crippen LogP contribution in [0.3, 0.4) is 0 Å². The van der Waals surface area contributed by atoms with Crippen LogP contribution < -0.4 is 14.9 Å². The van der Waals surface area contributed by atoms with Crippen molar-refractivity contribution in [2.24, 2.45) is 5.10 Å². The normalized spacial score (nSPS) is 13.9. The van der Waals surface area contributed by atoms with Crippen LogP contribution >= 0.6 is 0 Å². The van der Waals surface area contributed by atoms with Crippen molar-refractivity contribution in [2.45, 2.75) is 0 Å². The Hall–Kier alpha value is -3.39. The number of benzene rings is 2. The van der Waals surface area contributed by atoms with Crippen LogP contribution in [0.4, 0.5) is 0 Å². The molecule has 0 unspecified atom stereocenters. The SMILES string of the molecule is COc1cccc(C(=O)N/N=C\c2ccc(OCC(=O)N3CCOCC3)cc2)c1. The molecule has 2 aromatic carbocycles. The molecule has 1 fully saturated rings. The van der Waals surface area contributed by atoms with Gasteiger partial charge in [0, 0.05) is 18.7 Å². The van der Waals surface area contributed by atoms with Crippen molar-refractivity contribution >= 4 is 18.0 Å². The molecule has 1 aliphatic heterocycles. The molecule has 8 heteroatoms. The standard InChI is InChI=1S/C21H23N3O5/c1-27-19-4-2-3-17(13-19)21(26)23-22-14-16-5-7-18(8-6-16)29-15-20(25)24-9-11-28-12-10-24/h2-8,13-14H,9-12,15H2,1H3,(H,23,26)/b22-14-. The highest BCUT2D eigenvalue weighted by Gasteiger charge is 2.17. The van der Waals surface area contributed by atoms with E-state index in [1.165, 1.54) is 6.21 Å². The van der Waals surface area contributed by atoms with Gasteiger partial charge >= 0.3 is 0 Å². The van der Waals surface area contributed by atoms with Crippen LogP contribution in [0.1, 0.15) is 15.9 Å². The fourth-order valence-electron chi connectivity index (χ4n) is 2.69. The summed E-state index contributed by atoms with van der Waals surface area (Å²) in [6, 6.07) is 13.9. The zero-order chi connectivity index (χ0) is 20.5. The zero-order valence-electron chi connectivity index (χ0n) is 16.2. The molecule has 3 rings (SSSR count). The molecule has 0 radical (unpaired) electrons. The minimum absolute atomic E-state index is 0.00989. The van der Waals surface area contributed by atoms with E-state index in [1.807, 2.05) is 0 Å². The second-order valence-electron chi connectivity index (χ2n) is 6.28. The summed E-state index contributed by atoms with van der Waals surface area (Å²) < 4.78 is 15.9. The van der Waals surface area contributed by atoms with Gasteiger partial charge in [0.25, 0.3) is 11.8 Å². The first-order chi connectivity index (χ1) is 14.2. The predicted molar refractivity (Wildman–Crippen MR) is 107 cm³/mol. The van der Waals surface area contributed by atoms with Gasteiger partial charge in [0.05, 0.1) is 26.5 Å². The average Bonchev–Trinajstić information content (AvgIpc) is 2.79. The third-order valence-corrected chi connectivity index (χ3v) is 4.32. The number of hydrazone groups is 1. The van der Waals surface area contributed by atoms with Crippen LogP contribution in [0.25, 0.3) is 0 Å². The number of carbonyl (C=O) groups is 2. The number of hydrogen-bond acceptors (Lipinski definition) is 6. The molecule has 1 saturated heterocycles. The van der Waals surface area contributed by atoms with Gasteiger partial charge in [0.1, 0.15) is 11.5 Å². The van der Waals surface area contributed by atoms with Gasteiger partial charge in [-0.05, 0) is 48.0 Å². The smallest absolute Gasteiger partial charge is 0.271 e. The van der Waals surface area contributed by atoms with Crippen molar-refractivity contribution in [2.75, 3.05) is 40.0 Å². The number of amides is 2. The summed E-state index contributed by atoms with van der Waals surface area (Å²) >= 11 is 0. The number of hydrogen-bond donors (Lipinski definition) is 1. The summed E-state index contributed by atoms with van der Waals surface area (Å²) in [5, 5.41) is 3.96. The topological polar surface area (TPSA) is 89.5 Å². The molecule has 8 nitrogen and oxygen atoms in total.